The lowest BCUT2D eigenvalue weighted by Gasteiger charge is -2.16. The van der Waals surface area contributed by atoms with E-state index in [2.05, 4.69) is 20.8 Å². The summed E-state index contributed by atoms with van der Waals surface area (Å²) in [6.45, 7) is 7.20. The first kappa shape index (κ1) is 22.2. The fourth-order valence-electron chi connectivity index (χ4n) is 3.01. The number of ether oxygens (including phenoxy) is 2. The van der Waals surface area contributed by atoms with E-state index in [1.54, 1.807) is 24.3 Å². The molecule has 0 aliphatic carbocycles. The first-order chi connectivity index (χ1) is 12.6. The molecule has 0 atom stereocenters. The molecule has 146 valence electrons. The van der Waals surface area contributed by atoms with E-state index in [0.717, 1.165) is 51.4 Å². The highest BCUT2D eigenvalue weighted by Crippen LogP contribution is 2.17. The highest BCUT2D eigenvalue weighted by Gasteiger charge is 2.20. The average Bonchev–Trinajstić information content (AvgIpc) is 2.66. The zero-order valence-corrected chi connectivity index (χ0v) is 16.6. The number of benzene rings is 1. The van der Waals surface area contributed by atoms with E-state index in [9.17, 15) is 9.59 Å². The Kier molecular flexibility index (Phi) is 11.4. The van der Waals surface area contributed by atoms with Gasteiger partial charge in [0.05, 0.1) is 24.3 Å². The monoisotopic (exact) mass is 362 g/mol. The van der Waals surface area contributed by atoms with E-state index in [-0.39, 0.29) is 11.1 Å². The molecular formula is C22H34O4. The molecule has 0 aliphatic rings. The van der Waals surface area contributed by atoms with Gasteiger partial charge in [-0.2, -0.15) is 0 Å². The van der Waals surface area contributed by atoms with Gasteiger partial charge < -0.3 is 9.47 Å². The lowest BCUT2D eigenvalue weighted by molar-refractivity contribution is 0.0402. The van der Waals surface area contributed by atoms with Crippen molar-refractivity contribution in [1.82, 2.24) is 0 Å². The van der Waals surface area contributed by atoms with Crippen molar-refractivity contribution in [2.24, 2.45) is 5.92 Å². The van der Waals surface area contributed by atoms with E-state index < -0.39 is 11.9 Å². The summed E-state index contributed by atoms with van der Waals surface area (Å²) in [5.41, 5.74) is 0.577. The van der Waals surface area contributed by atoms with E-state index in [0.29, 0.717) is 19.1 Å². The number of unbranched alkanes of at least 4 members (excludes halogenated alkanes) is 3. The van der Waals surface area contributed by atoms with Gasteiger partial charge in [-0.05, 0) is 37.3 Å². The minimum atomic E-state index is -0.451. The minimum Gasteiger partial charge on any atom is -0.462 e. The molecule has 0 radical (unpaired) electrons. The fourth-order valence-corrected chi connectivity index (χ4v) is 3.01. The highest BCUT2D eigenvalue weighted by molar-refractivity contribution is 6.03. The van der Waals surface area contributed by atoms with Crippen LogP contribution in [0, 0.1) is 5.92 Å². The van der Waals surface area contributed by atoms with Crippen molar-refractivity contribution in [2.45, 2.75) is 72.1 Å². The van der Waals surface area contributed by atoms with Crippen molar-refractivity contribution in [2.75, 3.05) is 13.2 Å². The molecule has 1 aromatic carbocycles. The van der Waals surface area contributed by atoms with Crippen LogP contribution in [0.2, 0.25) is 0 Å². The number of hydrogen-bond donors (Lipinski definition) is 0. The summed E-state index contributed by atoms with van der Waals surface area (Å²) in [6.07, 6.45) is 8.40. The molecule has 0 fully saturated rings. The number of carbonyl (C=O) groups is 2. The first-order valence-electron chi connectivity index (χ1n) is 10.1. The molecule has 4 heteroatoms. The zero-order valence-electron chi connectivity index (χ0n) is 16.6. The molecule has 0 spiro atoms. The predicted octanol–water partition coefficient (Wildman–Crippen LogP) is 5.80. The van der Waals surface area contributed by atoms with Gasteiger partial charge in [-0.25, -0.2) is 9.59 Å². The summed E-state index contributed by atoms with van der Waals surface area (Å²) in [5, 5.41) is 0. The largest absolute Gasteiger partial charge is 0.462 e. The average molecular weight is 363 g/mol. The summed E-state index contributed by atoms with van der Waals surface area (Å²) in [6, 6.07) is 6.73. The normalized spacial score (nSPS) is 10.8. The Balaban J connectivity index is 2.63. The Morgan fingerprint density at radius 1 is 0.808 bits per heavy atom. The molecule has 0 aromatic heterocycles. The molecule has 1 aromatic rings. The predicted molar refractivity (Wildman–Crippen MR) is 104 cm³/mol. The van der Waals surface area contributed by atoms with Gasteiger partial charge in [0.15, 0.2) is 0 Å². The van der Waals surface area contributed by atoms with Crippen LogP contribution < -0.4 is 0 Å². The Morgan fingerprint density at radius 2 is 1.38 bits per heavy atom. The maximum absolute atomic E-state index is 12.5. The van der Waals surface area contributed by atoms with Crippen LogP contribution in [0.5, 0.6) is 0 Å². The second kappa shape index (κ2) is 13.4. The molecule has 0 N–H and O–H groups in total. The third-order valence-electron chi connectivity index (χ3n) is 4.44. The van der Waals surface area contributed by atoms with Crippen molar-refractivity contribution in [3.8, 4) is 0 Å². The van der Waals surface area contributed by atoms with Gasteiger partial charge in [0.1, 0.15) is 0 Å². The molecule has 0 saturated carbocycles. The molecule has 0 aliphatic heterocycles. The Bertz CT molecular complexity index is 533. The van der Waals surface area contributed by atoms with Crippen LogP contribution in [0.25, 0.3) is 0 Å². The molecule has 0 bridgehead atoms. The van der Waals surface area contributed by atoms with Crippen LogP contribution in [0.3, 0.4) is 0 Å². The van der Waals surface area contributed by atoms with Crippen LogP contribution in [-0.4, -0.2) is 25.2 Å². The van der Waals surface area contributed by atoms with Crippen LogP contribution in [0.1, 0.15) is 92.9 Å². The smallest absolute Gasteiger partial charge is 0.339 e. The third-order valence-corrected chi connectivity index (χ3v) is 4.44. The summed E-state index contributed by atoms with van der Waals surface area (Å²) < 4.78 is 10.8. The fraction of sp³-hybridized carbons (Fsp3) is 0.636. The van der Waals surface area contributed by atoms with Crippen molar-refractivity contribution < 1.29 is 19.1 Å². The van der Waals surface area contributed by atoms with E-state index >= 15 is 0 Å². The lowest BCUT2D eigenvalue weighted by atomic mass is 9.99. The molecule has 1 rings (SSSR count). The maximum atomic E-state index is 12.5. The number of hydrogen-bond acceptors (Lipinski definition) is 4. The maximum Gasteiger partial charge on any atom is 0.339 e. The van der Waals surface area contributed by atoms with Crippen molar-refractivity contribution in [1.29, 1.82) is 0 Å². The molecule has 0 heterocycles. The summed E-state index contributed by atoms with van der Waals surface area (Å²) in [5.74, 6) is -0.514. The SMILES string of the molecule is CCCCCCOC(=O)c1ccccc1C(=O)OCC(CCC)CCC. The topological polar surface area (TPSA) is 52.6 Å². The zero-order chi connectivity index (χ0) is 19.2. The quantitative estimate of drug-likeness (QED) is 0.329. The van der Waals surface area contributed by atoms with E-state index in [1.165, 1.54) is 0 Å². The van der Waals surface area contributed by atoms with Gasteiger partial charge in [-0.3, -0.25) is 0 Å². The molecule has 4 nitrogen and oxygen atoms in total. The summed E-state index contributed by atoms with van der Waals surface area (Å²) >= 11 is 0. The summed E-state index contributed by atoms with van der Waals surface area (Å²) in [4.78, 5) is 24.8. The second-order valence-corrected chi connectivity index (χ2v) is 6.78. The van der Waals surface area contributed by atoms with Crippen LogP contribution >= 0.6 is 0 Å². The molecular weight excluding hydrogens is 328 g/mol. The van der Waals surface area contributed by atoms with Crippen LogP contribution in [-0.2, 0) is 9.47 Å². The molecule has 0 saturated heterocycles. The lowest BCUT2D eigenvalue weighted by Crippen LogP contribution is -2.18. The van der Waals surface area contributed by atoms with Gasteiger partial charge in [0, 0.05) is 0 Å². The minimum absolute atomic E-state index is 0.288. The summed E-state index contributed by atoms with van der Waals surface area (Å²) in [7, 11) is 0. The Morgan fingerprint density at radius 3 is 1.92 bits per heavy atom. The molecule has 26 heavy (non-hydrogen) atoms. The van der Waals surface area contributed by atoms with E-state index in [4.69, 9.17) is 9.47 Å². The van der Waals surface area contributed by atoms with Crippen molar-refractivity contribution >= 4 is 11.9 Å². The molecule has 0 amide bonds. The van der Waals surface area contributed by atoms with Gasteiger partial charge in [0.25, 0.3) is 0 Å². The first-order valence-corrected chi connectivity index (χ1v) is 10.1. The highest BCUT2D eigenvalue weighted by atomic mass is 16.5. The van der Waals surface area contributed by atoms with Crippen molar-refractivity contribution in [3.63, 3.8) is 0 Å². The molecule has 0 unspecified atom stereocenters. The Labute approximate surface area is 158 Å². The van der Waals surface area contributed by atoms with Gasteiger partial charge in [0.2, 0.25) is 0 Å². The number of rotatable bonds is 13. The van der Waals surface area contributed by atoms with Crippen LogP contribution in [0.4, 0.5) is 0 Å². The van der Waals surface area contributed by atoms with Crippen LogP contribution in [0.15, 0.2) is 24.3 Å². The third kappa shape index (κ3) is 8.03. The number of carbonyl (C=O) groups excluding carboxylic acids is 2. The standard InChI is InChI=1S/C22H34O4/c1-4-7-8-11-16-25-21(23)19-14-9-10-15-20(19)22(24)26-17-18(12-5-2)13-6-3/h9-10,14-15,18H,4-8,11-13,16-17H2,1-3H3. The van der Waals surface area contributed by atoms with Gasteiger partial charge in [-0.15, -0.1) is 0 Å². The van der Waals surface area contributed by atoms with Gasteiger partial charge >= 0.3 is 11.9 Å². The Hall–Kier alpha value is -1.84. The second-order valence-electron chi connectivity index (χ2n) is 6.78. The van der Waals surface area contributed by atoms with E-state index in [1.807, 2.05) is 0 Å². The van der Waals surface area contributed by atoms with Gasteiger partial charge in [-0.1, -0.05) is 65.0 Å². The van der Waals surface area contributed by atoms with Crippen molar-refractivity contribution in [3.05, 3.63) is 35.4 Å². The number of esters is 2.